The average molecular weight is 444 g/mol. The molecule has 12 heteroatoms. The molecule has 0 radical (unpaired) electrons. The Kier molecular flexibility index (Phi) is 6.09. The van der Waals surface area contributed by atoms with Gasteiger partial charge in [-0.05, 0) is 63.1 Å². The number of aryl methyl sites for hydroxylation is 2. The summed E-state index contributed by atoms with van der Waals surface area (Å²) >= 11 is 1.69. The molecule has 0 atom stereocenters. The number of hydrazone groups is 1. The zero-order valence-electron chi connectivity index (χ0n) is 17.8. The molecule has 1 saturated heterocycles. The van der Waals surface area contributed by atoms with Crippen LogP contribution in [0.1, 0.15) is 57.7 Å². The lowest BCUT2D eigenvalue weighted by Gasteiger charge is -2.25. The summed E-state index contributed by atoms with van der Waals surface area (Å²) in [6.07, 6.45) is 3.46. The molecule has 164 valence electrons. The monoisotopic (exact) mass is 443 g/mol. The molecule has 0 aromatic carbocycles. The Bertz CT molecular complexity index is 1110. The summed E-state index contributed by atoms with van der Waals surface area (Å²) in [6, 6.07) is 2.06. The molecule has 0 unspecified atom stereocenters. The largest absolute Gasteiger partial charge is 0.378 e. The summed E-state index contributed by atoms with van der Waals surface area (Å²) in [7, 11) is 0. The summed E-state index contributed by atoms with van der Waals surface area (Å²) < 4.78 is 5.94. The SMILES string of the molecule is C/C(=N\NC(=O)c1c(CN2CCCCC2)nnn1-c1nonc1N)c1cc(C)sc1C. The van der Waals surface area contributed by atoms with Crippen LogP contribution < -0.4 is 11.2 Å². The number of amides is 1. The fourth-order valence-electron chi connectivity index (χ4n) is 3.70. The molecule has 1 amide bonds. The molecule has 0 spiro atoms. The van der Waals surface area contributed by atoms with E-state index in [2.05, 4.69) is 46.7 Å². The smallest absolute Gasteiger partial charge is 0.292 e. The van der Waals surface area contributed by atoms with Crippen molar-refractivity contribution in [3.63, 3.8) is 0 Å². The highest BCUT2D eigenvalue weighted by Crippen LogP contribution is 2.22. The number of rotatable bonds is 6. The number of carbonyl (C=O) groups is 1. The molecule has 3 aromatic rings. The van der Waals surface area contributed by atoms with Gasteiger partial charge in [-0.15, -0.1) is 16.4 Å². The second-order valence-corrected chi connectivity index (χ2v) is 9.03. The van der Waals surface area contributed by atoms with Gasteiger partial charge in [0.1, 0.15) is 5.69 Å². The molecule has 31 heavy (non-hydrogen) atoms. The maximum absolute atomic E-state index is 13.2. The number of carbonyl (C=O) groups excluding carboxylic acids is 1. The Balaban J connectivity index is 1.63. The van der Waals surface area contributed by atoms with Crippen LogP contribution in [0, 0.1) is 13.8 Å². The molecule has 0 saturated carbocycles. The first-order valence-corrected chi connectivity index (χ1v) is 10.9. The van der Waals surface area contributed by atoms with Gasteiger partial charge in [-0.1, -0.05) is 11.6 Å². The number of nitrogen functional groups attached to an aromatic ring is 1. The maximum Gasteiger partial charge on any atom is 0.292 e. The average Bonchev–Trinajstić information content (AvgIpc) is 3.45. The Morgan fingerprint density at radius 2 is 2.06 bits per heavy atom. The van der Waals surface area contributed by atoms with E-state index in [1.807, 2.05) is 20.8 Å². The van der Waals surface area contributed by atoms with E-state index in [1.54, 1.807) is 11.3 Å². The molecule has 0 aliphatic carbocycles. The van der Waals surface area contributed by atoms with Crippen LogP contribution in [0.15, 0.2) is 15.8 Å². The molecular formula is C19H25N9O2S. The van der Waals surface area contributed by atoms with Crippen molar-refractivity contribution in [1.29, 1.82) is 0 Å². The van der Waals surface area contributed by atoms with E-state index in [4.69, 9.17) is 5.73 Å². The van der Waals surface area contributed by atoms with Gasteiger partial charge in [0.15, 0.2) is 5.69 Å². The van der Waals surface area contributed by atoms with Gasteiger partial charge >= 0.3 is 0 Å². The van der Waals surface area contributed by atoms with Crippen molar-refractivity contribution < 1.29 is 9.42 Å². The third-order valence-electron chi connectivity index (χ3n) is 5.23. The quantitative estimate of drug-likeness (QED) is 0.436. The molecule has 4 heterocycles. The number of hydrogen-bond acceptors (Lipinski definition) is 10. The van der Waals surface area contributed by atoms with Crippen LogP contribution in [-0.4, -0.2) is 54.9 Å². The lowest BCUT2D eigenvalue weighted by Crippen LogP contribution is -2.31. The molecule has 1 aliphatic heterocycles. The molecular weight excluding hydrogens is 418 g/mol. The van der Waals surface area contributed by atoms with Crippen molar-refractivity contribution >= 4 is 28.8 Å². The lowest BCUT2D eigenvalue weighted by atomic mass is 10.1. The number of thiophene rings is 1. The van der Waals surface area contributed by atoms with Crippen LogP contribution in [0.4, 0.5) is 5.82 Å². The van der Waals surface area contributed by atoms with Gasteiger partial charge < -0.3 is 5.73 Å². The Labute approximate surface area is 183 Å². The summed E-state index contributed by atoms with van der Waals surface area (Å²) in [4.78, 5) is 17.8. The standard InChI is InChI=1S/C19H25N9O2S/c1-11-9-14(13(3)31-11)12(2)21-23-19(29)16-15(10-27-7-5-4-6-8-27)22-26-28(16)18-17(20)24-30-25-18/h9H,4-8,10H2,1-3H3,(H2,20,24)(H,23,29)/b21-12+. The van der Waals surface area contributed by atoms with Gasteiger partial charge in [-0.2, -0.15) is 9.78 Å². The van der Waals surface area contributed by atoms with Crippen molar-refractivity contribution in [2.75, 3.05) is 18.8 Å². The van der Waals surface area contributed by atoms with Crippen LogP contribution in [0.3, 0.4) is 0 Å². The Morgan fingerprint density at radius 1 is 1.29 bits per heavy atom. The third kappa shape index (κ3) is 4.49. The minimum absolute atomic E-state index is 0.0209. The first-order chi connectivity index (χ1) is 14.9. The van der Waals surface area contributed by atoms with E-state index >= 15 is 0 Å². The van der Waals surface area contributed by atoms with Gasteiger partial charge in [-0.3, -0.25) is 9.69 Å². The van der Waals surface area contributed by atoms with Crippen LogP contribution >= 0.6 is 11.3 Å². The summed E-state index contributed by atoms with van der Waals surface area (Å²) in [5, 5.41) is 20.0. The van der Waals surface area contributed by atoms with Crippen molar-refractivity contribution in [2.45, 2.75) is 46.6 Å². The fourth-order valence-corrected chi connectivity index (χ4v) is 4.68. The maximum atomic E-state index is 13.2. The molecule has 4 rings (SSSR count). The number of likely N-dealkylation sites (tertiary alicyclic amines) is 1. The van der Waals surface area contributed by atoms with Gasteiger partial charge in [0.05, 0.1) is 5.71 Å². The first-order valence-electron chi connectivity index (χ1n) is 10.1. The molecule has 0 bridgehead atoms. The molecule has 1 fully saturated rings. The van der Waals surface area contributed by atoms with E-state index in [9.17, 15) is 4.79 Å². The van der Waals surface area contributed by atoms with Gasteiger partial charge in [0.2, 0.25) is 11.6 Å². The van der Waals surface area contributed by atoms with Gasteiger partial charge in [0, 0.05) is 21.9 Å². The highest BCUT2D eigenvalue weighted by molar-refractivity contribution is 7.12. The number of aromatic nitrogens is 5. The minimum Gasteiger partial charge on any atom is -0.378 e. The number of nitrogens with one attached hydrogen (secondary N) is 1. The second-order valence-electron chi connectivity index (χ2n) is 7.57. The lowest BCUT2D eigenvalue weighted by molar-refractivity contribution is 0.0944. The van der Waals surface area contributed by atoms with E-state index < -0.39 is 5.91 Å². The van der Waals surface area contributed by atoms with Gasteiger partial charge in [0.25, 0.3) is 5.91 Å². The van der Waals surface area contributed by atoms with Crippen molar-refractivity contribution in [3.8, 4) is 5.82 Å². The molecule has 3 aromatic heterocycles. The van der Waals surface area contributed by atoms with Crippen molar-refractivity contribution in [2.24, 2.45) is 5.10 Å². The molecule has 3 N–H and O–H groups in total. The number of nitrogens with two attached hydrogens (primary N) is 1. The third-order valence-corrected chi connectivity index (χ3v) is 6.20. The van der Waals surface area contributed by atoms with Gasteiger partial charge in [-0.25, -0.2) is 10.1 Å². The summed E-state index contributed by atoms with van der Waals surface area (Å²) in [5.41, 5.74) is 10.9. The van der Waals surface area contributed by atoms with Crippen molar-refractivity contribution in [3.05, 3.63) is 32.8 Å². The van der Waals surface area contributed by atoms with Crippen LogP contribution in [0.5, 0.6) is 0 Å². The molecule has 11 nitrogen and oxygen atoms in total. The Morgan fingerprint density at radius 3 is 2.71 bits per heavy atom. The van der Waals surface area contributed by atoms with Crippen LogP contribution in [-0.2, 0) is 6.54 Å². The topological polar surface area (TPSA) is 140 Å². The van der Waals surface area contributed by atoms with E-state index in [-0.39, 0.29) is 17.3 Å². The highest BCUT2D eigenvalue weighted by Gasteiger charge is 2.26. The first kappa shape index (κ1) is 21.1. The Hall–Kier alpha value is -3.12. The normalized spacial score (nSPS) is 15.4. The second kappa shape index (κ2) is 8.94. The number of piperidine rings is 1. The van der Waals surface area contributed by atoms with Crippen LogP contribution in [0.25, 0.3) is 5.82 Å². The zero-order chi connectivity index (χ0) is 22.0. The van der Waals surface area contributed by atoms with Crippen LogP contribution in [0.2, 0.25) is 0 Å². The zero-order valence-corrected chi connectivity index (χ0v) is 18.6. The number of hydrogen-bond donors (Lipinski definition) is 2. The van der Waals surface area contributed by atoms with E-state index in [0.717, 1.165) is 42.1 Å². The highest BCUT2D eigenvalue weighted by atomic mass is 32.1. The fraction of sp³-hybridized carbons (Fsp3) is 0.474. The number of nitrogens with zero attached hydrogens (tertiary/aromatic N) is 7. The number of anilines is 1. The van der Waals surface area contributed by atoms with E-state index in [1.165, 1.54) is 16.0 Å². The minimum atomic E-state index is -0.455. The predicted octanol–water partition coefficient (Wildman–Crippen LogP) is 2.05. The molecule has 1 aliphatic rings. The van der Waals surface area contributed by atoms with Crippen molar-refractivity contribution in [1.82, 2.24) is 35.6 Å². The summed E-state index contributed by atoms with van der Waals surface area (Å²) in [6.45, 7) is 8.34. The summed E-state index contributed by atoms with van der Waals surface area (Å²) in [5.74, 6) is -0.316. The van der Waals surface area contributed by atoms with E-state index in [0.29, 0.717) is 12.2 Å². The predicted molar refractivity (Wildman–Crippen MR) is 116 cm³/mol.